The topological polar surface area (TPSA) is 59.8 Å². The van der Waals surface area contributed by atoms with E-state index in [-0.39, 0.29) is 11.7 Å². The summed E-state index contributed by atoms with van der Waals surface area (Å²) >= 11 is 0. The van der Waals surface area contributed by atoms with Gasteiger partial charge in [0.15, 0.2) is 0 Å². The molecule has 1 aliphatic heterocycles. The minimum atomic E-state index is -0.342. The second-order valence-electron chi connectivity index (χ2n) is 7.67. The molecule has 0 bridgehead atoms. The van der Waals surface area contributed by atoms with Crippen molar-refractivity contribution in [1.82, 2.24) is 14.5 Å². The van der Waals surface area contributed by atoms with Gasteiger partial charge in [0, 0.05) is 41.1 Å². The number of nitrogens with zero attached hydrogens (tertiary/aromatic N) is 3. The lowest BCUT2D eigenvalue weighted by atomic mass is 10.1. The van der Waals surface area contributed by atoms with E-state index in [1.54, 1.807) is 19.1 Å². The molecule has 1 aliphatic rings. The molecule has 6 heteroatoms. The molecule has 0 saturated heterocycles. The summed E-state index contributed by atoms with van der Waals surface area (Å²) in [7, 11) is 0. The molecular weight excluding hydrogens is 379 g/mol. The number of imidazole rings is 1. The van der Waals surface area contributed by atoms with Crippen LogP contribution >= 0.6 is 0 Å². The summed E-state index contributed by atoms with van der Waals surface area (Å²) in [6, 6.07) is 13.9. The van der Waals surface area contributed by atoms with Crippen molar-refractivity contribution in [2.24, 2.45) is 0 Å². The van der Waals surface area contributed by atoms with E-state index >= 15 is 0 Å². The van der Waals surface area contributed by atoms with Gasteiger partial charge in [0.1, 0.15) is 11.6 Å². The molecule has 0 atom stereocenters. The van der Waals surface area contributed by atoms with Crippen LogP contribution in [0.1, 0.15) is 34.6 Å². The number of rotatable bonds is 3. The third-order valence-corrected chi connectivity index (χ3v) is 5.62. The molecular formula is C24H21FN4O. The highest BCUT2D eigenvalue weighted by Gasteiger charge is 2.16. The summed E-state index contributed by atoms with van der Waals surface area (Å²) in [6.45, 7) is 2.76. The second-order valence-corrected chi connectivity index (χ2v) is 7.67. The number of carbonyl (C=O) groups is 1. The second kappa shape index (κ2) is 7.37. The van der Waals surface area contributed by atoms with E-state index in [0.29, 0.717) is 22.5 Å². The van der Waals surface area contributed by atoms with Gasteiger partial charge in [-0.25, -0.2) is 9.37 Å². The van der Waals surface area contributed by atoms with Gasteiger partial charge >= 0.3 is 0 Å². The first-order valence-electron chi connectivity index (χ1n) is 10.1. The molecule has 0 unspecified atom stereocenters. The van der Waals surface area contributed by atoms with Gasteiger partial charge in [-0.05, 0) is 68.7 Å². The number of hydrogen-bond acceptors (Lipinski definition) is 3. The number of nitrogens with one attached hydrogen (secondary N) is 1. The van der Waals surface area contributed by atoms with Gasteiger partial charge in [-0.1, -0.05) is 0 Å². The average Bonchev–Trinajstić information content (AvgIpc) is 3.18. The Labute approximate surface area is 173 Å². The van der Waals surface area contributed by atoms with Crippen LogP contribution in [-0.2, 0) is 13.0 Å². The van der Waals surface area contributed by atoms with Crippen LogP contribution in [-0.4, -0.2) is 20.4 Å². The number of aromatic nitrogens is 3. The SMILES string of the molecule is Cc1nc2cc(F)ccc2cc1C(=O)Nc1ccc(-c2ncc3n2CCCC3)cc1. The van der Waals surface area contributed by atoms with Crippen LogP contribution in [0, 0.1) is 12.7 Å². The van der Waals surface area contributed by atoms with Crippen LogP contribution in [0.2, 0.25) is 0 Å². The molecule has 30 heavy (non-hydrogen) atoms. The molecule has 2 aromatic heterocycles. The van der Waals surface area contributed by atoms with Gasteiger partial charge in [0.2, 0.25) is 0 Å². The Kier molecular flexibility index (Phi) is 4.54. The molecule has 5 nitrogen and oxygen atoms in total. The van der Waals surface area contributed by atoms with Gasteiger partial charge in [0.25, 0.3) is 5.91 Å². The number of carbonyl (C=O) groups excluding carboxylic acids is 1. The molecule has 150 valence electrons. The number of anilines is 1. The van der Waals surface area contributed by atoms with Crippen molar-refractivity contribution in [2.45, 2.75) is 32.7 Å². The van der Waals surface area contributed by atoms with Crippen LogP contribution in [0.5, 0.6) is 0 Å². The highest BCUT2D eigenvalue weighted by Crippen LogP contribution is 2.26. The number of aryl methyl sites for hydroxylation is 2. The standard InChI is InChI=1S/C24H21FN4O/c1-15-21(12-17-5-8-18(25)13-22(17)27-15)24(30)28-19-9-6-16(7-10-19)23-26-14-20-4-2-3-11-29(20)23/h5-10,12-14H,2-4,11H2,1H3,(H,28,30). The molecule has 4 aromatic rings. The largest absolute Gasteiger partial charge is 0.328 e. The lowest BCUT2D eigenvalue weighted by molar-refractivity contribution is 0.102. The Balaban J connectivity index is 1.38. The van der Waals surface area contributed by atoms with E-state index in [4.69, 9.17) is 0 Å². The van der Waals surface area contributed by atoms with Crippen LogP contribution in [0.25, 0.3) is 22.3 Å². The van der Waals surface area contributed by atoms with E-state index < -0.39 is 0 Å². The maximum absolute atomic E-state index is 13.4. The summed E-state index contributed by atoms with van der Waals surface area (Å²) in [4.78, 5) is 21.8. The highest BCUT2D eigenvalue weighted by molar-refractivity contribution is 6.06. The number of amides is 1. The minimum Gasteiger partial charge on any atom is -0.328 e. The molecule has 1 N–H and O–H groups in total. The average molecular weight is 400 g/mol. The monoisotopic (exact) mass is 400 g/mol. The smallest absolute Gasteiger partial charge is 0.257 e. The summed E-state index contributed by atoms with van der Waals surface area (Å²) in [6.07, 6.45) is 5.43. The molecule has 0 saturated carbocycles. The van der Waals surface area contributed by atoms with Crippen LogP contribution in [0.3, 0.4) is 0 Å². The van der Waals surface area contributed by atoms with Gasteiger partial charge < -0.3 is 9.88 Å². The Hall–Kier alpha value is -3.54. The Morgan fingerprint density at radius 1 is 1.10 bits per heavy atom. The maximum atomic E-state index is 13.4. The van der Waals surface area contributed by atoms with Crippen molar-refractivity contribution in [2.75, 3.05) is 5.32 Å². The lowest BCUT2D eigenvalue weighted by Gasteiger charge is -2.16. The van der Waals surface area contributed by atoms with E-state index in [1.807, 2.05) is 30.5 Å². The number of hydrogen-bond donors (Lipinski definition) is 1. The quantitative estimate of drug-likeness (QED) is 0.518. The Morgan fingerprint density at radius 3 is 2.77 bits per heavy atom. The van der Waals surface area contributed by atoms with Crippen LogP contribution in [0.15, 0.2) is 54.7 Å². The fourth-order valence-electron chi connectivity index (χ4n) is 4.03. The van der Waals surface area contributed by atoms with Gasteiger partial charge in [0.05, 0.1) is 16.8 Å². The van der Waals surface area contributed by atoms with E-state index in [9.17, 15) is 9.18 Å². The molecule has 1 amide bonds. The van der Waals surface area contributed by atoms with Gasteiger partial charge in [-0.2, -0.15) is 0 Å². The van der Waals surface area contributed by atoms with Crippen molar-refractivity contribution >= 4 is 22.5 Å². The fraction of sp³-hybridized carbons (Fsp3) is 0.208. The lowest BCUT2D eigenvalue weighted by Crippen LogP contribution is -2.14. The molecule has 5 rings (SSSR count). The Bertz CT molecular complexity index is 1260. The zero-order valence-electron chi connectivity index (χ0n) is 16.7. The Morgan fingerprint density at radius 2 is 1.93 bits per heavy atom. The molecule has 2 aromatic carbocycles. The third kappa shape index (κ3) is 3.34. The predicted molar refractivity (Wildman–Crippen MR) is 115 cm³/mol. The van der Waals surface area contributed by atoms with Crippen molar-refractivity contribution < 1.29 is 9.18 Å². The molecule has 0 fully saturated rings. The molecule has 0 aliphatic carbocycles. The van der Waals surface area contributed by atoms with Crippen molar-refractivity contribution in [1.29, 1.82) is 0 Å². The van der Waals surface area contributed by atoms with E-state index in [1.165, 1.54) is 30.7 Å². The summed E-state index contributed by atoms with van der Waals surface area (Å²) < 4.78 is 15.7. The van der Waals surface area contributed by atoms with E-state index in [2.05, 4.69) is 19.9 Å². The predicted octanol–water partition coefficient (Wildman–Crippen LogP) is 5.13. The van der Waals surface area contributed by atoms with E-state index in [0.717, 1.165) is 29.7 Å². The first kappa shape index (κ1) is 18.5. The molecule has 0 radical (unpaired) electrons. The number of benzene rings is 2. The van der Waals surface area contributed by atoms with Crippen molar-refractivity contribution in [3.8, 4) is 11.4 Å². The first-order chi connectivity index (χ1) is 14.6. The first-order valence-corrected chi connectivity index (χ1v) is 10.1. The van der Waals surface area contributed by atoms with Crippen LogP contribution < -0.4 is 5.32 Å². The third-order valence-electron chi connectivity index (χ3n) is 5.62. The molecule has 0 spiro atoms. The zero-order chi connectivity index (χ0) is 20.7. The zero-order valence-corrected chi connectivity index (χ0v) is 16.7. The van der Waals surface area contributed by atoms with Crippen molar-refractivity contribution in [3.63, 3.8) is 0 Å². The van der Waals surface area contributed by atoms with Gasteiger partial charge in [-0.3, -0.25) is 9.78 Å². The number of fused-ring (bicyclic) bond motifs is 2. The summed E-state index contributed by atoms with van der Waals surface area (Å²) in [5.74, 6) is 0.395. The minimum absolute atomic E-state index is 0.239. The highest BCUT2D eigenvalue weighted by atomic mass is 19.1. The van der Waals surface area contributed by atoms with Crippen LogP contribution in [0.4, 0.5) is 10.1 Å². The summed E-state index contributed by atoms with van der Waals surface area (Å²) in [5.41, 5.74) is 4.59. The number of halogens is 1. The normalized spacial score (nSPS) is 13.3. The fourth-order valence-corrected chi connectivity index (χ4v) is 4.03. The van der Waals surface area contributed by atoms with Gasteiger partial charge in [-0.15, -0.1) is 0 Å². The number of pyridine rings is 1. The molecule has 3 heterocycles. The maximum Gasteiger partial charge on any atom is 0.257 e. The van der Waals surface area contributed by atoms with Crippen molar-refractivity contribution in [3.05, 3.63) is 77.5 Å². The summed E-state index contributed by atoms with van der Waals surface area (Å²) in [5, 5.41) is 3.66.